The third-order valence-electron chi connectivity index (χ3n) is 3.75. The maximum Gasteiger partial charge on any atom is 0.230 e. The van der Waals surface area contributed by atoms with Gasteiger partial charge in [-0.2, -0.15) is 0 Å². The van der Waals surface area contributed by atoms with Crippen LogP contribution < -0.4 is 5.73 Å². The first kappa shape index (κ1) is 12.6. The van der Waals surface area contributed by atoms with E-state index >= 15 is 0 Å². The SMILES string of the molecule is CCN(Cc1cccs1)C(=O)C1(CN)CCC1. The number of thiophene rings is 1. The monoisotopic (exact) mass is 252 g/mol. The first-order valence-corrected chi connectivity index (χ1v) is 7.11. The van der Waals surface area contributed by atoms with Crippen molar-refractivity contribution in [2.75, 3.05) is 13.1 Å². The van der Waals surface area contributed by atoms with Crippen LogP contribution in [0.5, 0.6) is 0 Å². The number of nitrogens with two attached hydrogens (primary N) is 1. The Morgan fingerprint density at radius 3 is 2.76 bits per heavy atom. The van der Waals surface area contributed by atoms with Gasteiger partial charge in [0.1, 0.15) is 0 Å². The third-order valence-corrected chi connectivity index (χ3v) is 4.61. The van der Waals surface area contributed by atoms with Crippen molar-refractivity contribution >= 4 is 17.2 Å². The lowest BCUT2D eigenvalue weighted by Gasteiger charge is -2.42. The summed E-state index contributed by atoms with van der Waals surface area (Å²) in [4.78, 5) is 15.7. The van der Waals surface area contributed by atoms with E-state index in [0.29, 0.717) is 6.54 Å². The van der Waals surface area contributed by atoms with E-state index in [4.69, 9.17) is 5.73 Å². The van der Waals surface area contributed by atoms with Gasteiger partial charge in [-0.25, -0.2) is 0 Å². The number of hydrogen-bond donors (Lipinski definition) is 1. The summed E-state index contributed by atoms with van der Waals surface area (Å²) in [5.41, 5.74) is 5.55. The number of amides is 1. The normalized spacial score (nSPS) is 17.5. The lowest BCUT2D eigenvalue weighted by Crippen LogP contribution is -2.51. The Labute approximate surface area is 107 Å². The second kappa shape index (κ2) is 5.19. The predicted octanol–water partition coefficient (Wildman–Crippen LogP) is 2.23. The van der Waals surface area contributed by atoms with Crippen LogP contribution in [-0.2, 0) is 11.3 Å². The zero-order valence-corrected chi connectivity index (χ0v) is 11.1. The fourth-order valence-electron chi connectivity index (χ4n) is 2.36. The number of carbonyl (C=O) groups excluding carboxylic acids is 1. The van der Waals surface area contributed by atoms with Crippen LogP contribution in [0.25, 0.3) is 0 Å². The summed E-state index contributed by atoms with van der Waals surface area (Å²) < 4.78 is 0. The Balaban J connectivity index is 2.05. The van der Waals surface area contributed by atoms with Crippen molar-refractivity contribution in [1.29, 1.82) is 0 Å². The second-order valence-electron chi connectivity index (χ2n) is 4.74. The first-order chi connectivity index (χ1) is 8.22. The molecule has 3 nitrogen and oxygen atoms in total. The summed E-state index contributed by atoms with van der Waals surface area (Å²) in [6, 6.07) is 4.11. The molecule has 0 aliphatic heterocycles. The van der Waals surface area contributed by atoms with Gasteiger partial charge in [0.25, 0.3) is 0 Å². The Morgan fingerprint density at radius 2 is 2.35 bits per heavy atom. The highest BCUT2D eigenvalue weighted by molar-refractivity contribution is 7.09. The van der Waals surface area contributed by atoms with Crippen molar-refractivity contribution in [3.8, 4) is 0 Å². The molecule has 1 fully saturated rings. The van der Waals surface area contributed by atoms with Gasteiger partial charge in [0.15, 0.2) is 0 Å². The minimum atomic E-state index is -0.243. The van der Waals surface area contributed by atoms with Gasteiger partial charge < -0.3 is 10.6 Å². The molecule has 2 N–H and O–H groups in total. The van der Waals surface area contributed by atoms with E-state index in [2.05, 4.69) is 11.4 Å². The fraction of sp³-hybridized carbons (Fsp3) is 0.615. The van der Waals surface area contributed by atoms with Crippen LogP contribution in [0.3, 0.4) is 0 Å². The van der Waals surface area contributed by atoms with Crippen LogP contribution in [0.2, 0.25) is 0 Å². The van der Waals surface area contributed by atoms with Gasteiger partial charge in [0.2, 0.25) is 5.91 Å². The molecular weight excluding hydrogens is 232 g/mol. The molecule has 0 saturated heterocycles. The molecule has 0 unspecified atom stereocenters. The minimum absolute atomic E-state index is 0.243. The number of carbonyl (C=O) groups is 1. The Morgan fingerprint density at radius 1 is 1.59 bits per heavy atom. The number of nitrogens with zero attached hydrogens (tertiary/aromatic N) is 1. The minimum Gasteiger partial charge on any atom is -0.337 e. The molecule has 1 aliphatic carbocycles. The van der Waals surface area contributed by atoms with Crippen LogP contribution in [0, 0.1) is 5.41 Å². The molecule has 1 heterocycles. The third kappa shape index (κ3) is 2.38. The highest BCUT2D eigenvalue weighted by Crippen LogP contribution is 2.41. The van der Waals surface area contributed by atoms with Crippen molar-refractivity contribution in [3.63, 3.8) is 0 Å². The lowest BCUT2D eigenvalue weighted by molar-refractivity contribution is -0.147. The summed E-state index contributed by atoms with van der Waals surface area (Å²) in [6.07, 6.45) is 3.06. The number of rotatable bonds is 5. The topological polar surface area (TPSA) is 46.3 Å². The predicted molar refractivity (Wildman–Crippen MR) is 70.7 cm³/mol. The molecule has 1 aromatic rings. The van der Waals surface area contributed by atoms with E-state index in [1.807, 2.05) is 17.9 Å². The highest BCUT2D eigenvalue weighted by Gasteiger charge is 2.44. The quantitative estimate of drug-likeness (QED) is 0.873. The molecule has 0 radical (unpaired) electrons. The molecule has 1 aromatic heterocycles. The van der Waals surface area contributed by atoms with Crippen molar-refractivity contribution < 1.29 is 4.79 Å². The summed E-state index contributed by atoms with van der Waals surface area (Å²) in [6.45, 7) is 4.02. The van der Waals surface area contributed by atoms with Crippen LogP contribution in [0.15, 0.2) is 17.5 Å². The average molecular weight is 252 g/mol. The molecule has 0 atom stereocenters. The molecule has 2 rings (SSSR count). The van der Waals surface area contributed by atoms with Crippen LogP contribution in [0.4, 0.5) is 0 Å². The van der Waals surface area contributed by atoms with Crippen molar-refractivity contribution in [1.82, 2.24) is 4.90 Å². The van der Waals surface area contributed by atoms with Gasteiger partial charge in [-0.05, 0) is 31.2 Å². The molecule has 0 aromatic carbocycles. The van der Waals surface area contributed by atoms with Gasteiger partial charge in [0.05, 0.1) is 12.0 Å². The zero-order valence-electron chi connectivity index (χ0n) is 10.3. The Kier molecular flexibility index (Phi) is 3.84. The van der Waals surface area contributed by atoms with Gasteiger partial charge in [-0.15, -0.1) is 11.3 Å². The first-order valence-electron chi connectivity index (χ1n) is 6.23. The molecule has 0 bridgehead atoms. The maximum atomic E-state index is 12.5. The van der Waals surface area contributed by atoms with Crippen molar-refractivity contribution in [3.05, 3.63) is 22.4 Å². The van der Waals surface area contributed by atoms with Crippen molar-refractivity contribution in [2.45, 2.75) is 32.7 Å². The maximum absolute atomic E-state index is 12.5. The Hall–Kier alpha value is -0.870. The fourth-order valence-corrected chi connectivity index (χ4v) is 3.08. The largest absolute Gasteiger partial charge is 0.337 e. The van der Waals surface area contributed by atoms with Crippen LogP contribution in [0.1, 0.15) is 31.1 Å². The van der Waals surface area contributed by atoms with E-state index < -0.39 is 0 Å². The molecule has 4 heteroatoms. The molecule has 1 amide bonds. The van der Waals surface area contributed by atoms with Crippen LogP contribution >= 0.6 is 11.3 Å². The van der Waals surface area contributed by atoms with E-state index in [9.17, 15) is 4.79 Å². The average Bonchev–Trinajstić information content (AvgIpc) is 2.77. The van der Waals surface area contributed by atoms with Gasteiger partial charge in [-0.3, -0.25) is 4.79 Å². The molecular formula is C13H20N2OS. The molecule has 1 saturated carbocycles. The van der Waals surface area contributed by atoms with Gasteiger partial charge in [-0.1, -0.05) is 12.5 Å². The van der Waals surface area contributed by atoms with Gasteiger partial charge in [0, 0.05) is 18.0 Å². The molecule has 17 heavy (non-hydrogen) atoms. The summed E-state index contributed by atoms with van der Waals surface area (Å²) in [5, 5.41) is 2.05. The van der Waals surface area contributed by atoms with E-state index in [-0.39, 0.29) is 11.3 Å². The Bertz CT molecular complexity index is 365. The summed E-state index contributed by atoms with van der Waals surface area (Å²) in [7, 11) is 0. The standard InChI is InChI=1S/C13H20N2OS/c1-2-15(9-11-5-3-8-17-11)12(16)13(10-14)6-4-7-13/h3,5,8H,2,4,6-7,9-10,14H2,1H3. The molecule has 1 aliphatic rings. The summed E-state index contributed by atoms with van der Waals surface area (Å²) in [5.74, 6) is 0.252. The van der Waals surface area contributed by atoms with Crippen LogP contribution in [-0.4, -0.2) is 23.9 Å². The lowest BCUT2D eigenvalue weighted by atomic mass is 9.68. The van der Waals surface area contributed by atoms with E-state index in [1.165, 1.54) is 4.88 Å². The summed E-state index contributed by atoms with van der Waals surface area (Å²) >= 11 is 1.70. The second-order valence-corrected chi connectivity index (χ2v) is 5.77. The van der Waals surface area contributed by atoms with Gasteiger partial charge >= 0.3 is 0 Å². The zero-order chi connectivity index (χ0) is 12.3. The van der Waals surface area contributed by atoms with E-state index in [1.54, 1.807) is 11.3 Å². The number of hydrogen-bond acceptors (Lipinski definition) is 3. The molecule has 94 valence electrons. The van der Waals surface area contributed by atoms with Crippen molar-refractivity contribution in [2.24, 2.45) is 11.1 Å². The highest BCUT2D eigenvalue weighted by atomic mass is 32.1. The smallest absolute Gasteiger partial charge is 0.230 e. The van der Waals surface area contributed by atoms with E-state index in [0.717, 1.165) is 32.4 Å². The molecule has 0 spiro atoms.